The molecule has 0 saturated heterocycles. The van der Waals surface area contributed by atoms with Crippen LogP contribution < -0.4 is 10.5 Å². The molecule has 21 heavy (non-hydrogen) atoms. The number of nitrogens with one attached hydrogen (secondary N) is 1. The first kappa shape index (κ1) is 12.5. The summed E-state index contributed by atoms with van der Waals surface area (Å²) in [7, 11) is 0. The number of benzene rings is 3. The van der Waals surface area contributed by atoms with Gasteiger partial charge in [0.25, 0.3) is 5.91 Å². The number of thioether (sulfide) groups is 1. The van der Waals surface area contributed by atoms with E-state index in [9.17, 15) is 4.79 Å². The number of hydrogen-bond acceptors (Lipinski definition) is 2. The summed E-state index contributed by atoms with van der Waals surface area (Å²) in [6, 6.07) is 12.3. The average Bonchev–Trinajstić information content (AvgIpc) is 2.81. The molecule has 0 saturated carbocycles. The fraction of sp³-hybridized carbons (Fsp3) is 0.111. The van der Waals surface area contributed by atoms with Crippen molar-refractivity contribution in [2.45, 2.75) is 11.8 Å². The van der Waals surface area contributed by atoms with Gasteiger partial charge >= 0.3 is 0 Å². The van der Waals surface area contributed by atoms with Gasteiger partial charge in [-0.25, -0.2) is 0 Å². The van der Waals surface area contributed by atoms with Crippen LogP contribution in [0.5, 0.6) is 0 Å². The molecule has 1 amide bonds. The smallest absolute Gasteiger partial charge is 0.264 e. The first-order valence-corrected chi connectivity index (χ1v) is 8.02. The van der Waals surface area contributed by atoms with E-state index in [4.69, 9.17) is 0 Å². The minimum absolute atomic E-state index is 0.0629. The van der Waals surface area contributed by atoms with Crippen molar-refractivity contribution in [3.05, 3.63) is 52.7 Å². The number of aryl methyl sites for hydroxylation is 1. The number of fused-ring (bicyclic) bond motifs is 3. The largest absolute Gasteiger partial charge is 0.321 e. The Bertz CT molecular complexity index is 937. The number of carbonyl (C=O) groups is 1. The molecule has 0 aliphatic carbocycles. The quantitative estimate of drug-likeness (QED) is 0.549. The highest BCUT2D eigenvalue weighted by molar-refractivity contribution is 7.98. The first-order valence-electron chi connectivity index (χ1n) is 6.79. The lowest BCUT2D eigenvalue weighted by Gasteiger charge is -2.07. The summed E-state index contributed by atoms with van der Waals surface area (Å²) < 4.78 is 0. The van der Waals surface area contributed by atoms with Crippen LogP contribution in [0.15, 0.2) is 41.3 Å². The third kappa shape index (κ3) is 1.79. The molecule has 3 heteroatoms. The molecule has 1 aliphatic rings. The third-order valence-corrected chi connectivity index (χ3v) is 4.67. The molecule has 2 bridgehead atoms. The molecule has 2 nitrogen and oxygen atoms in total. The van der Waals surface area contributed by atoms with E-state index in [0.29, 0.717) is 5.57 Å². The van der Waals surface area contributed by atoms with Crippen LogP contribution in [-0.2, 0) is 4.79 Å². The molecule has 0 spiro atoms. The minimum Gasteiger partial charge on any atom is -0.321 e. The highest BCUT2D eigenvalue weighted by Gasteiger charge is 2.25. The molecule has 0 aromatic heterocycles. The van der Waals surface area contributed by atoms with Gasteiger partial charge in [-0.2, -0.15) is 0 Å². The van der Waals surface area contributed by atoms with E-state index >= 15 is 0 Å². The maximum Gasteiger partial charge on any atom is 0.264 e. The summed E-state index contributed by atoms with van der Waals surface area (Å²) in [4.78, 5) is 13.5. The van der Waals surface area contributed by atoms with E-state index in [1.807, 2.05) is 25.1 Å². The summed E-state index contributed by atoms with van der Waals surface area (Å²) in [5.41, 5.74) is 6.95. The second kappa shape index (κ2) is 4.39. The van der Waals surface area contributed by atoms with Gasteiger partial charge in [-0.05, 0) is 53.8 Å². The molecular formula is C18H13NOS. The van der Waals surface area contributed by atoms with Crippen molar-refractivity contribution < 1.29 is 4.79 Å². The lowest BCUT2D eigenvalue weighted by atomic mass is 9.98. The van der Waals surface area contributed by atoms with Gasteiger partial charge in [-0.15, -0.1) is 11.8 Å². The van der Waals surface area contributed by atoms with Crippen molar-refractivity contribution in [2.75, 3.05) is 11.6 Å². The second-order valence-electron chi connectivity index (χ2n) is 5.28. The zero-order valence-electron chi connectivity index (χ0n) is 11.8. The molecule has 1 heterocycles. The van der Waals surface area contributed by atoms with Gasteiger partial charge in [0.1, 0.15) is 0 Å². The minimum atomic E-state index is -0.0629. The Balaban J connectivity index is 2.03. The zero-order valence-corrected chi connectivity index (χ0v) is 12.6. The van der Waals surface area contributed by atoms with Gasteiger partial charge in [-0.1, -0.05) is 17.9 Å². The van der Waals surface area contributed by atoms with Crippen molar-refractivity contribution in [2.24, 2.45) is 0 Å². The molecule has 1 aliphatic heterocycles. The summed E-state index contributed by atoms with van der Waals surface area (Å²) in [6.45, 7) is 2.03. The monoisotopic (exact) mass is 291 g/mol. The van der Waals surface area contributed by atoms with Gasteiger partial charge in [0.15, 0.2) is 0 Å². The van der Waals surface area contributed by atoms with E-state index in [0.717, 1.165) is 22.0 Å². The van der Waals surface area contributed by atoms with Crippen molar-refractivity contribution in [1.29, 1.82) is 0 Å². The molecule has 0 atom stereocenters. The first-order chi connectivity index (χ1) is 10.2. The molecule has 0 radical (unpaired) electrons. The molecule has 1 N–H and O–H groups in total. The Morgan fingerprint density at radius 3 is 2.62 bits per heavy atom. The summed E-state index contributed by atoms with van der Waals surface area (Å²) in [6.07, 6.45) is 2.07. The lowest BCUT2D eigenvalue weighted by Crippen LogP contribution is -2.10. The third-order valence-electron chi connectivity index (χ3n) is 3.97. The van der Waals surface area contributed by atoms with Crippen molar-refractivity contribution >= 4 is 45.4 Å². The van der Waals surface area contributed by atoms with Crippen molar-refractivity contribution in [1.82, 2.24) is 0 Å². The summed E-state index contributed by atoms with van der Waals surface area (Å²) in [5.74, 6) is -0.0629. The Morgan fingerprint density at radius 1 is 1.14 bits per heavy atom. The van der Waals surface area contributed by atoms with Gasteiger partial charge < -0.3 is 5.32 Å². The number of hydrogen-bond donors (Lipinski definition) is 1. The second-order valence-corrected chi connectivity index (χ2v) is 6.16. The molecule has 4 aromatic carbocycles. The molecule has 0 fully saturated rings. The van der Waals surface area contributed by atoms with Gasteiger partial charge in [0, 0.05) is 15.7 Å². The predicted molar refractivity (Wildman–Crippen MR) is 88.8 cm³/mol. The Labute approximate surface area is 126 Å². The van der Waals surface area contributed by atoms with E-state index in [1.165, 1.54) is 15.7 Å². The Morgan fingerprint density at radius 2 is 1.90 bits per heavy atom. The van der Waals surface area contributed by atoms with Crippen LogP contribution in [-0.4, -0.2) is 12.2 Å². The van der Waals surface area contributed by atoms with E-state index in [2.05, 4.69) is 35.5 Å². The summed E-state index contributed by atoms with van der Waals surface area (Å²) >= 11 is 1.73. The Kier molecular flexibility index (Phi) is 2.61. The lowest BCUT2D eigenvalue weighted by molar-refractivity contribution is -0.110. The number of anilines is 1. The van der Waals surface area contributed by atoms with Gasteiger partial charge in [0.05, 0.1) is 11.3 Å². The van der Waals surface area contributed by atoms with Gasteiger partial charge in [-0.3, -0.25) is 4.79 Å². The number of carbonyl (C=O) groups excluding carboxylic acids is 1. The molecular weight excluding hydrogens is 278 g/mol. The van der Waals surface area contributed by atoms with Crippen LogP contribution in [0.1, 0.15) is 11.1 Å². The average molecular weight is 291 g/mol. The van der Waals surface area contributed by atoms with Crippen molar-refractivity contribution in [3.63, 3.8) is 0 Å². The Hall–Kier alpha value is -2.22. The van der Waals surface area contributed by atoms with E-state index < -0.39 is 0 Å². The molecule has 5 rings (SSSR count). The summed E-state index contributed by atoms with van der Waals surface area (Å²) in [5, 5.41) is 6.30. The molecule has 102 valence electrons. The maximum absolute atomic E-state index is 12.2. The maximum atomic E-state index is 12.2. The fourth-order valence-electron chi connectivity index (χ4n) is 2.89. The highest BCUT2D eigenvalue weighted by Crippen LogP contribution is 2.33. The topological polar surface area (TPSA) is 29.1 Å². The number of rotatable bonds is 1. The highest BCUT2D eigenvalue weighted by atomic mass is 32.2. The van der Waals surface area contributed by atoms with Crippen LogP contribution >= 0.6 is 11.8 Å². The SMILES string of the molecule is CSc1cc2cc(c1)C2=C=C1C(=O)Nc2cccc(C)c21. The van der Waals surface area contributed by atoms with Crippen molar-refractivity contribution in [3.8, 4) is 0 Å². The zero-order chi connectivity index (χ0) is 14.6. The van der Waals surface area contributed by atoms with Crippen LogP contribution in [0.4, 0.5) is 5.69 Å². The predicted octanol–water partition coefficient (Wildman–Crippen LogP) is 3.44. The van der Waals surface area contributed by atoms with Crippen LogP contribution in [0.25, 0.3) is 22.1 Å². The van der Waals surface area contributed by atoms with E-state index in [1.54, 1.807) is 11.8 Å². The molecule has 0 unspecified atom stereocenters. The van der Waals surface area contributed by atoms with Crippen LogP contribution in [0.2, 0.25) is 0 Å². The normalized spacial score (nSPS) is 13.6. The van der Waals surface area contributed by atoms with Crippen LogP contribution in [0, 0.1) is 6.92 Å². The van der Waals surface area contributed by atoms with Gasteiger partial charge in [0.2, 0.25) is 0 Å². The van der Waals surface area contributed by atoms with Crippen LogP contribution in [0.3, 0.4) is 0 Å². The molecule has 4 aromatic rings. The standard InChI is InChI=1S/C18H13NOS/c1-10-4-3-5-16-17(10)15(18(20)19-16)9-14-11-6-12(14)8-13(7-11)21-2/h3-8H,1-2H3,(H,19,20). The fourth-order valence-corrected chi connectivity index (χ4v) is 3.37. The number of amides is 1. The van der Waals surface area contributed by atoms with E-state index in [-0.39, 0.29) is 5.91 Å².